The molecule has 0 bridgehead atoms. The molecule has 0 aromatic heterocycles. The lowest BCUT2D eigenvalue weighted by Gasteiger charge is -2.32. The van der Waals surface area contributed by atoms with E-state index < -0.39 is 10.0 Å². The highest BCUT2D eigenvalue weighted by Crippen LogP contribution is 2.23. The average Bonchev–Trinajstić information content (AvgIpc) is 2.61. The standard InChI is InChI=1S/C19H23BrN2O2S/c1-15-3-2-12-22(14-15)18-8-4-16(5-9-18)13-21-25(23,24)19-10-6-17(20)7-11-19/h4-11,15,21H,2-3,12-14H2,1H3/t15-/m0/s1. The lowest BCUT2D eigenvalue weighted by Crippen LogP contribution is -2.34. The van der Waals surface area contributed by atoms with Crippen molar-refractivity contribution in [3.63, 3.8) is 0 Å². The average molecular weight is 423 g/mol. The Bertz CT molecular complexity index is 804. The van der Waals surface area contributed by atoms with E-state index in [2.05, 4.69) is 44.6 Å². The minimum atomic E-state index is -3.49. The van der Waals surface area contributed by atoms with Crippen LogP contribution in [0.5, 0.6) is 0 Å². The van der Waals surface area contributed by atoms with Crippen LogP contribution in [0.2, 0.25) is 0 Å². The molecule has 1 fully saturated rings. The van der Waals surface area contributed by atoms with Gasteiger partial charge in [-0.15, -0.1) is 0 Å². The normalized spacial score (nSPS) is 18.3. The molecule has 2 aromatic carbocycles. The van der Waals surface area contributed by atoms with Crippen molar-refractivity contribution in [1.82, 2.24) is 4.72 Å². The number of nitrogens with zero attached hydrogens (tertiary/aromatic N) is 1. The van der Waals surface area contributed by atoms with Crippen LogP contribution in [0, 0.1) is 5.92 Å². The third-order valence-corrected chi connectivity index (χ3v) is 6.49. The van der Waals surface area contributed by atoms with E-state index in [1.165, 1.54) is 18.5 Å². The van der Waals surface area contributed by atoms with Gasteiger partial charge in [-0.25, -0.2) is 13.1 Å². The maximum absolute atomic E-state index is 12.3. The van der Waals surface area contributed by atoms with E-state index in [1.54, 1.807) is 24.3 Å². The van der Waals surface area contributed by atoms with Gasteiger partial charge in [0.2, 0.25) is 10.0 Å². The molecule has 0 radical (unpaired) electrons. The van der Waals surface area contributed by atoms with Gasteiger partial charge in [0, 0.05) is 29.8 Å². The zero-order valence-electron chi connectivity index (χ0n) is 14.3. The van der Waals surface area contributed by atoms with Crippen LogP contribution >= 0.6 is 15.9 Å². The van der Waals surface area contributed by atoms with Gasteiger partial charge in [0.25, 0.3) is 0 Å². The SMILES string of the molecule is C[C@H]1CCCN(c2ccc(CNS(=O)(=O)c3ccc(Br)cc3)cc2)C1. The van der Waals surface area contributed by atoms with Gasteiger partial charge in [0.05, 0.1) is 4.90 Å². The molecule has 3 rings (SSSR count). The molecule has 1 heterocycles. The number of anilines is 1. The summed E-state index contributed by atoms with van der Waals surface area (Å²) in [5.41, 5.74) is 2.17. The van der Waals surface area contributed by atoms with Gasteiger partial charge in [-0.05, 0) is 60.7 Å². The number of sulfonamides is 1. The lowest BCUT2D eigenvalue weighted by atomic mass is 9.99. The number of piperidine rings is 1. The fourth-order valence-corrected chi connectivity index (χ4v) is 4.41. The van der Waals surface area contributed by atoms with Crippen molar-refractivity contribution in [1.29, 1.82) is 0 Å². The fraction of sp³-hybridized carbons (Fsp3) is 0.368. The van der Waals surface area contributed by atoms with Crippen molar-refractivity contribution >= 4 is 31.6 Å². The molecule has 1 N–H and O–H groups in total. The second-order valence-corrected chi connectivity index (χ2v) is 9.32. The van der Waals surface area contributed by atoms with E-state index in [9.17, 15) is 8.42 Å². The Morgan fingerprint density at radius 2 is 1.80 bits per heavy atom. The molecule has 134 valence electrons. The molecule has 1 aliphatic heterocycles. The predicted molar refractivity (Wildman–Crippen MR) is 105 cm³/mol. The van der Waals surface area contributed by atoms with Gasteiger partial charge in [0.1, 0.15) is 0 Å². The lowest BCUT2D eigenvalue weighted by molar-refractivity contribution is 0.447. The molecule has 1 atom stereocenters. The van der Waals surface area contributed by atoms with Gasteiger partial charge >= 0.3 is 0 Å². The Labute approximate surface area is 158 Å². The second-order valence-electron chi connectivity index (χ2n) is 6.64. The van der Waals surface area contributed by atoms with Gasteiger partial charge in [-0.2, -0.15) is 0 Å². The summed E-state index contributed by atoms with van der Waals surface area (Å²) in [6, 6.07) is 14.8. The summed E-state index contributed by atoms with van der Waals surface area (Å²) < 4.78 is 28.2. The molecule has 6 heteroatoms. The third-order valence-electron chi connectivity index (χ3n) is 4.55. The van der Waals surface area contributed by atoms with Crippen molar-refractivity contribution in [2.75, 3.05) is 18.0 Å². The number of benzene rings is 2. The van der Waals surface area contributed by atoms with Crippen molar-refractivity contribution in [3.05, 3.63) is 58.6 Å². The van der Waals surface area contributed by atoms with Crippen molar-refractivity contribution in [2.45, 2.75) is 31.2 Å². The summed E-state index contributed by atoms with van der Waals surface area (Å²) in [7, 11) is -3.49. The molecule has 0 saturated carbocycles. The second kappa shape index (κ2) is 7.89. The summed E-state index contributed by atoms with van der Waals surface area (Å²) in [5, 5.41) is 0. The zero-order chi connectivity index (χ0) is 17.9. The first-order valence-corrected chi connectivity index (χ1v) is 10.8. The summed E-state index contributed by atoms with van der Waals surface area (Å²) in [6.45, 7) is 4.77. The maximum atomic E-state index is 12.3. The molecule has 25 heavy (non-hydrogen) atoms. The van der Waals surface area contributed by atoms with Gasteiger partial charge in [0.15, 0.2) is 0 Å². The molecule has 1 saturated heterocycles. The minimum Gasteiger partial charge on any atom is -0.371 e. The Morgan fingerprint density at radius 3 is 2.44 bits per heavy atom. The Morgan fingerprint density at radius 1 is 1.12 bits per heavy atom. The predicted octanol–water partition coefficient (Wildman–Crippen LogP) is 4.16. The van der Waals surface area contributed by atoms with Crippen LogP contribution in [0.25, 0.3) is 0 Å². The van der Waals surface area contributed by atoms with E-state index in [4.69, 9.17) is 0 Å². The van der Waals surface area contributed by atoms with E-state index in [0.717, 1.165) is 29.0 Å². The minimum absolute atomic E-state index is 0.273. The van der Waals surface area contributed by atoms with Gasteiger partial charge in [-0.3, -0.25) is 0 Å². The third kappa shape index (κ3) is 4.84. The summed E-state index contributed by atoms with van der Waals surface area (Å²) in [5.74, 6) is 0.728. The molecule has 4 nitrogen and oxygen atoms in total. The van der Waals surface area contributed by atoms with E-state index >= 15 is 0 Å². The Balaban J connectivity index is 1.62. The monoisotopic (exact) mass is 422 g/mol. The maximum Gasteiger partial charge on any atom is 0.240 e. The molecule has 0 spiro atoms. The summed E-state index contributed by atoms with van der Waals surface area (Å²) in [6.07, 6.45) is 2.53. The molecule has 0 unspecified atom stereocenters. The number of hydrogen-bond donors (Lipinski definition) is 1. The van der Waals surface area contributed by atoms with E-state index in [1.807, 2.05) is 12.1 Å². The number of rotatable bonds is 5. The highest BCUT2D eigenvalue weighted by atomic mass is 79.9. The first-order chi connectivity index (χ1) is 11.9. The van der Waals surface area contributed by atoms with Gasteiger partial charge in [-0.1, -0.05) is 35.0 Å². The number of halogens is 1. The smallest absolute Gasteiger partial charge is 0.240 e. The Kier molecular flexibility index (Phi) is 5.81. The van der Waals surface area contributed by atoms with Crippen LogP contribution in [0.15, 0.2) is 57.9 Å². The van der Waals surface area contributed by atoms with Crippen LogP contribution in [0.4, 0.5) is 5.69 Å². The Hall–Kier alpha value is -1.37. The summed E-state index contributed by atoms with van der Waals surface area (Å²) >= 11 is 3.31. The molecular formula is C19H23BrN2O2S. The van der Waals surface area contributed by atoms with Crippen LogP contribution in [0.1, 0.15) is 25.3 Å². The van der Waals surface area contributed by atoms with Crippen molar-refractivity contribution in [2.24, 2.45) is 5.92 Å². The topological polar surface area (TPSA) is 49.4 Å². The molecular weight excluding hydrogens is 400 g/mol. The quantitative estimate of drug-likeness (QED) is 0.786. The van der Waals surface area contributed by atoms with Crippen LogP contribution in [-0.2, 0) is 16.6 Å². The zero-order valence-corrected chi connectivity index (χ0v) is 16.7. The summed E-state index contributed by atoms with van der Waals surface area (Å²) in [4.78, 5) is 2.68. The van der Waals surface area contributed by atoms with Crippen LogP contribution in [-0.4, -0.2) is 21.5 Å². The van der Waals surface area contributed by atoms with Crippen LogP contribution < -0.4 is 9.62 Å². The number of hydrogen-bond acceptors (Lipinski definition) is 3. The molecule has 0 amide bonds. The fourth-order valence-electron chi connectivity index (χ4n) is 3.12. The molecule has 2 aromatic rings. The van der Waals surface area contributed by atoms with Gasteiger partial charge < -0.3 is 4.90 Å². The molecule has 0 aliphatic carbocycles. The first-order valence-electron chi connectivity index (χ1n) is 8.53. The number of nitrogens with one attached hydrogen (secondary N) is 1. The highest BCUT2D eigenvalue weighted by Gasteiger charge is 2.17. The largest absolute Gasteiger partial charge is 0.371 e. The first kappa shape index (κ1) is 18.4. The highest BCUT2D eigenvalue weighted by molar-refractivity contribution is 9.10. The van der Waals surface area contributed by atoms with E-state index in [0.29, 0.717) is 0 Å². The van der Waals surface area contributed by atoms with Crippen molar-refractivity contribution < 1.29 is 8.42 Å². The molecule has 1 aliphatic rings. The van der Waals surface area contributed by atoms with E-state index in [-0.39, 0.29) is 11.4 Å². The van der Waals surface area contributed by atoms with Crippen LogP contribution in [0.3, 0.4) is 0 Å². The van der Waals surface area contributed by atoms with Crippen molar-refractivity contribution in [3.8, 4) is 0 Å².